The average molecular weight is 415 g/mol. The highest BCUT2D eigenvalue weighted by molar-refractivity contribution is 6.30. The summed E-state index contributed by atoms with van der Waals surface area (Å²) in [5.41, 5.74) is 5.75. The van der Waals surface area contributed by atoms with Gasteiger partial charge in [0.25, 0.3) is 5.91 Å². The predicted octanol–water partition coefficient (Wildman–Crippen LogP) is 4.76. The fraction of sp³-hybridized carbons (Fsp3) is 0.417. The highest BCUT2D eigenvalue weighted by atomic mass is 35.5. The van der Waals surface area contributed by atoms with Crippen LogP contribution in [-0.2, 0) is 6.42 Å². The molecule has 0 saturated heterocycles. The molecule has 0 unspecified atom stereocenters. The quantitative estimate of drug-likeness (QED) is 0.633. The van der Waals surface area contributed by atoms with Gasteiger partial charge in [-0.2, -0.15) is 0 Å². The first kappa shape index (κ1) is 23.1. The van der Waals surface area contributed by atoms with E-state index in [1.807, 2.05) is 40.1 Å². The molecule has 1 atom stereocenters. The van der Waals surface area contributed by atoms with Crippen molar-refractivity contribution in [2.45, 2.75) is 46.6 Å². The normalized spacial score (nSPS) is 12.1. The van der Waals surface area contributed by atoms with Gasteiger partial charge in [0, 0.05) is 35.2 Å². The van der Waals surface area contributed by atoms with Crippen molar-refractivity contribution < 1.29 is 9.59 Å². The zero-order valence-electron chi connectivity index (χ0n) is 18.2. The number of nitrogens with zero attached hydrogens (tertiary/aromatic N) is 1. The number of halogens is 1. The molecule has 0 bridgehead atoms. The van der Waals surface area contributed by atoms with Crippen molar-refractivity contribution in [3.05, 3.63) is 68.7 Å². The van der Waals surface area contributed by atoms with Crippen molar-refractivity contribution in [1.29, 1.82) is 0 Å². The summed E-state index contributed by atoms with van der Waals surface area (Å²) in [4.78, 5) is 26.8. The van der Waals surface area contributed by atoms with Gasteiger partial charge in [0.15, 0.2) is 5.78 Å². The summed E-state index contributed by atoms with van der Waals surface area (Å²) in [6.45, 7) is 8.40. The van der Waals surface area contributed by atoms with Crippen LogP contribution in [-0.4, -0.2) is 43.3 Å². The van der Waals surface area contributed by atoms with Gasteiger partial charge in [-0.15, -0.1) is 0 Å². The van der Waals surface area contributed by atoms with Crippen LogP contribution in [0.1, 0.15) is 56.3 Å². The number of amides is 1. The number of likely N-dealkylation sites (N-methyl/N-ethyl adjacent to an activating group) is 1. The third-order valence-corrected chi connectivity index (χ3v) is 5.68. The number of hydrogen-bond donors (Lipinski definition) is 1. The Balaban J connectivity index is 2.14. The first-order valence-electron chi connectivity index (χ1n) is 9.98. The maximum Gasteiger partial charge on any atom is 0.251 e. The van der Waals surface area contributed by atoms with Crippen molar-refractivity contribution >= 4 is 23.3 Å². The average Bonchev–Trinajstić information content (AvgIpc) is 2.65. The number of benzene rings is 2. The second kappa shape index (κ2) is 10.0. The number of carbonyl (C=O) groups is 2. The Morgan fingerprint density at radius 1 is 1.03 bits per heavy atom. The monoisotopic (exact) mass is 414 g/mol. The Labute approximate surface area is 179 Å². The lowest BCUT2D eigenvalue weighted by Gasteiger charge is -2.26. The van der Waals surface area contributed by atoms with Gasteiger partial charge >= 0.3 is 0 Å². The summed E-state index contributed by atoms with van der Waals surface area (Å²) in [6.07, 6.45) is 1.31. The van der Waals surface area contributed by atoms with Gasteiger partial charge in [0.05, 0.1) is 0 Å². The molecule has 0 aliphatic heterocycles. The van der Waals surface area contributed by atoms with Crippen molar-refractivity contribution in [3.63, 3.8) is 0 Å². The fourth-order valence-electron chi connectivity index (χ4n) is 3.54. The van der Waals surface area contributed by atoms with E-state index in [-0.39, 0.29) is 17.7 Å². The Morgan fingerprint density at radius 3 is 2.17 bits per heavy atom. The summed E-state index contributed by atoms with van der Waals surface area (Å²) in [5.74, 6) is 0.0702. The molecular weight excluding hydrogens is 384 g/mol. The van der Waals surface area contributed by atoms with Gasteiger partial charge in [0.1, 0.15) is 0 Å². The third kappa shape index (κ3) is 5.91. The van der Waals surface area contributed by atoms with E-state index in [4.69, 9.17) is 11.6 Å². The number of aryl methyl sites for hydroxylation is 3. The van der Waals surface area contributed by atoms with Crippen LogP contribution in [0.4, 0.5) is 0 Å². The van der Waals surface area contributed by atoms with Crippen LogP contribution in [0, 0.1) is 20.8 Å². The Hall–Kier alpha value is -2.17. The van der Waals surface area contributed by atoms with Gasteiger partial charge in [-0.1, -0.05) is 18.5 Å². The van der Waals surface area contributed by atoms with Crippen LogP contribution < -0.4 is 5.32 Å². The molecule has 4 nitrogen and oxygen atoms in total. The minimum absolute atomic E-state index is 0.0941. The molecular formula is C24H31ClN2O2. The van der Waals surface area contributed by atoms with Crippen molar-refractivity contribution in [3.8, 4) is 0 Å². The molecule has 5 heteroatoms. The number of nitrogens with one attached hydrogen (secondary N) is 1. The van der Waals surface area contributed by atoms with Gasteiger partial charge in [0.2, 0.25) is 0 Å². The molecule has 0 aromatic heterocycles. The lowest BCUT2D eigenvalue weighted by atomic mass is 9.92. The largest absolute Gasteiger partial charge is 0.350 e. The van der Waals surface area contributed by atoms with E-state index in [1.165, 1.54) is 5.56 Å². The molecule has 2 aromatic rings. The molecule has 1 amide bonds. The summed E-state index contributed by atoms with van der Waals surface area (Å²) in [6, 6.07) is 9.39. The lowest BCUT2D eigenvalue weighted by Crippen LogP contribution is -2.42. The van der Waals surface area contributed by atoms with Crippen LogP contribution in [0.3, 0.4) is 0 Å². The number of Topliss-reactive ketones (excluding diaryl/α,β-unsaturated/α-hetero) is 1. The van der Waals surface area contributed by atoms with E-state index in [2.05, 4.69) is 24.1 Å². The highest BCUT2D eigenvalue weighted by Crippen LogP contribution is 2.21. The fourth-order valence-corrected chi connectivity index (χ4v) is 3.77. The Kier molecular flexibility index (Phi) is 8.00. The van der Waals surface area contributed by atoms with E-state index in [0.717, 1.165) is 28.7 Å². The van der Waals surface area contributed by atoms with Gasteiger partial charge < -0.3 is 10.2 Å². The second-order valence-corrected chi connectivity index (χ2v) is 8.29. The molecule has 0 fully saturated rings. The summed E-state index contributed by atoms with van der Waals surface area (Å²) in [7, 11) is 4.04. The van der Waals surface area contributed by atoms with Crippen LogP contribution >= 0.6 is 11.6 Å². The van der Waals surface area contributed by atoms with Crippen molar-refractivity contribution in [2.24, 2.45) is 0 Å². The maximum atomic E-state index is 12.6. The van der Waals surface area contributed by atoms with E-state index >= 15 is 0 Å². The van der Waals surface area contributed by atoms with Crippen LogP contribution in [0.5, 0.6) is 0 Å². The molecule has 156 valence electrons. The topological polar surface area (TPSA) is 49.4 Å². The van der Waals surface area contributed by atoms with Crippen molar-refractivity contribution in [2.75, 3.05) is 20.6 Å². The summed E-state index contributed by atoms with van der Waals surface area (Å²) >= 11 is 5.99. The Morgan fingerprint density at radius 2 is 1.66 bits per heavy atom. The first-order chi connectivity index (χ1) is 13.6. The maximum absolute atomic E-state index is 12.6. The SMILES string of the molecule is CCC(=O)c1cc(C)c(C[C@@H](CNC(=O)c2ccc(Cl)cc2C)N(C)C)c(C)c1. The molecule has 2 rings (SSSR count). The predicted molar refractivity (Wildman–Crippen MR) is 120 cm³/mol. The van der Waals surface area contributed by atoms with Gasteiger partial charge in [-0.25, -0.2) is 0 Å². The zero-order valence-corrected chi connectivity index (χ0v) is 19.0. The highest BCUT2D eigenvalue weighted by Gasteiger charge is 2.18. The molecule has 0 aliphatic rings. The Bertz CT molecular complexity index is 883. The minimum atomic E-state index is -0.0941. The van der Waals surface area contributed by atoms with E-state index in [1.54, 1.807) is 18.2 Å². The molecule has 29 heavy (non-hydrogen) atoms. The standard InChI is InChI=1S/C24H31ClN2O2/c1-7-23(28)18-10-15(2)22(16(3)11-18)13-20(27(5)6)14-26-24(29)21-9-8-19(25)12-17(21)4/h8-12,20H,7,13-14H2,1-6H3,(H,26,29)/t20-/m0/s1. The summed E-state index contributed by atoms with van der Waals surface area (Å²) in [5, 5.41) is 3.69. The molecule has 0 spiro atoms. The molecule has 0 saturated carbocycles. The smallest absolute Gasteiger partial charge is 0.251 e. The summed E-state index contributed by atoms with van der Waals surface area (Å²) < 4.78 is 0. The number of carbonyl (C=O) groups excluding carboxylic acids is 2. The third-order valence-electron chi connectivity index (χ3n) is 5.44. The van der Waals surface area contributed by atoms with E-state index in [9.17, 15) is 9.59 Å². The lowest BCUT2D eigenvalue weighted by molar-refractivity contribution is 0.0939. The van der Waals surface area contributed by atoms with Crippen LogP contribution in [0.2, 0.25) is 5.02 Å². The molecule has 0 heterocycles. The van der Waals surface area contributed by atoms with Gasteiger partial charge in [-0.3, -0.25) is 9.59 Å². The number of ketones is 1. The van der Waals surface area contributed by atoms with Gasteiger partial charge in [-0.05, 0) is 93.9 Å². The zero-order chi connectivity index (χ0) is 21.7. The van der Waals surface area contributed by atoms with Crippen LogP contribution in [0.25, 0.3) is 0 Å². The molecule has 1 N–H and O–H groups in total. The second-order valence-electron chi connectivity index (χ2n) is 7.86. The van der Waals surface area contributed by atoms with E-state index < -0.39 is 0 Å². The number of rotatable bonds is 8. The first-order valence-corrected chi connectivity index (χ1v) is 10.4. The van der Waals surface area contributed by atoms with Crippen molar-refractivity contribution in [1.82, 2.24) is 10.2 Å². The minimum Gasteiger partial charge on any atom is -0.350 e. The number of hydrogen-bond acceptors (Lipinski definition) is 3. The van der Waals surface area contributed by atoms with Crippen LogP contribution in [0.15, 0.2) is 30.3 Å². The molecule has 2 aromatic carbocycles. The van der Waals surface area contributed by atoms with E-state index in [0.29, 0.717) is 23.6 Å². The molecule has 0 radical (unpaired) electrons. The molecule has 0 aliphatic carbocycles.